The number of rotatable bonds is 5. The minimum absolute atomic E-state index is 0.00289. The van der Waals surface area contributed by atoms with Gasteiger partial charge in [-0.05, 0) is 56.4 Å². The van der Waals surface area contributed by atoms with E-state index < -0.39 is 15.4 Å². The monoisotopic (exact) mass is 447 g/mol. The smallest absolute Gasteiger partial charge is 0.261 e. The van der Waals surface area contributed by atoms with Crippen LogP contribution in [0.25, 0.3) is 0 Å². The predicted molar refractivity (Wildman–Crippen MR) is 126 cm³/mol. The summed E-state index contributed by atoms with van der Waals surface area (Å²) < 4.78 is 29.5. The molecule has 2 bridgehead atoms. The molecule has 0 aromatic heterocycles. The van der Waals surface area contributed by atoms with Crippen LogP contribution in [0.15, 0.2) is 71.3 Å². The van der Waals surface area contributed by atoms with Crippen LogP contribution in [0.1, 0.15) is 50.2 Å². The molecule has 3 aliphatic carbocycles. The quantitative estimate of drug-likeness (QED) is 0.657. The molecule has 1 fully saturated rings. The predicted octanol–water partition coefficient (Wildman–Crippen LogP) is 4.99. The van der Waals surface area contributed by atoms with Crippen molar-refractivity contribution in [1.29, 1.82) is 0 Å². The lowest BCUT2D eigenvalue weighted by molar-refractivity contribution is -0.124. The summed E-state index contributed by atoms with van der Waals surface area (Å²) in [5.74, 6) is 6.70. The first-order valence-electron chi connectivity index (χ1n) is 11.3. The van der Waals surface area contributed by atoms with Crippen LogP contribution in [0, 0.1) is 36.0 Å². The summed E-state index contributed by atoms with van der Waals surface area (Å²) in [6, 6.07) is 16.5. The number of sulfonamides is 1. The van der Waals surface area contributed by atoms with Gasteiger partial charge in [0.25, 0.3) is 10.0 Å². The molecule has 0 aliphatic heterocycles. The first-order chi connectivity index (χ1) is 15.3. The summed E-state index contributed by atoms with van der Waals surface area (Å²) in [6.07, 6.45) is 5.45. The molecule has 0 unspecified atom stereocenters. The van der Waals surface area contributed by atoms with Gasteiger partial charge < -0.3 is 0 Å². The summed E-state index contributed by atoms with van der Waals surface area (Å²) in [5, 5.41) is 0. The Labute approximate surface area is 191 Å². The highest BCUT2D eigenvalue weighted by Gasteiger charge is 2.48. The fourth-order valence-electron chi connectivity index (χ4n) is 4.92. The van der Waals surface area contributed by atoms with Crippen molar-refractivity contribution in [2.75, 3.05) is 0 Å². The lowest BCUT2D eigenvalue weighted by Gasteiger charge is -2.38. The number of hydrogen-bond donors (Lipinski definition) is 1. The summed E-state index contributed by atoms with van der Waals surface area (Å²) in [5.41, 5.74) is 1.74. The Hall–Kier alpha value is -2.84. The van der Waals surface area contributed by atoms with E-state index in [0.717, 1.165) is 30.4 Å². The van der Waals surface area contributed by atoms with Gasteiger partial charge in [0.2, 0.25) is 0 Å². The van der Waals surface area contributed by atoms with Crippen LogP contribution in [-0.2, 0) is 14.8 Å². The summed E-state index contributed by atoms with van der Waals surface area (Å²) >= 11 is 0. The lowest BCUT2D eigenvalue weighted by atomic mass is 9.66. The van der Waals surface area contributed by atoms with E-state index in [1.807, 2.05) is 43.3 Å². The van der Waals surface area contributed by atoms with Crippen LogP contribution in [0.4, 0.5) is 0 Å². The van der Waals surface area contributed by atoms with E-state index in [1.165, 1.54) is 0 Å². The third-order valence-electron chi connectivity index (χ3n) is 6.66. The van der Waals surface area contributed by atoms with Crippen LogP contribution in [0.2, 0.25) is 0 Å². The molecule has 0 amide bonds. The van der Waals surface area contributed by atoms with Crippen molar-refractivity contribution in [2.45, 2.75) is 50.8 Å². The van der Waals surface area contributed by atoms with E-state index in [2.05, 4.69) is 23.5 Å². The van der Waals surface area contributed by atoms with Crippen molar-refractivity contribution in [3.63, 3.8) is 0 Å². The number of hydrogen-bond acceptors (Lipinski definition) is 3. The zero-order chi connectivity index (χ0) is 22.8. The molecule has 3 aliphatic rings. The fraction of sp³-hybridized carbons (Fsp3) is 0.370. The zero-order valence-electron chi connectivity index (χ0n) is 18.6. The summed E-state index contributed by atoms with van der Waals surface area (Å²) in [6.45, 7) is 4.00. The number of ketones is 1. The number of carbonyl (C=O) groups excluding carboxylic acids is 1. The molecule has 0 saturated heterocycles. The highest BCUT2D eigenvalue weighted by atomic mass is 32.2. The molecule has 4 nitrogen and oxygen atoms in total. The molecule has 166 valence electrons. The Kier molecular flexibility index (Phi) is 6.26. The number of Topliss-reactive ketones (excluding diaryl/α,β-unsaturated/α-hetero) is 1. The van der Waals surface area contributed by atoms with Crippen LogP contribution in [0.5, 0.6) is 0 Å². The van der Waals surface area contributed by atoms with E-state index in [1.54, 1.807) is 24.3 Å². The number of carbonyl (C=O) groups is 1. The Morgan fingerprint density at radius 3 is 2.44 bits per heavy atom. The van der Waals surface area contributed by atoms with Crippen molar-refractivity contribution >= 4 is 15.8 Å². The highest BCUT2D eigenvalue weighted by Crippen LogP contribution is 2.50. The van der Waals surface area contributed by atoms with Crippen LogP contribution in [0.3, 0.4) is 0 Å². The molecule has 2 aromatic carbocycles. The average Bonchev–Trinajstić information content (AvgIpc) is 2.97. The van der Waals surface area contributed by atoms with E-state index in [-0.39, 0.29) is 22.5 Å². The van der Waals surface area contributed by atoms with Crippen molar-refractivity contribution < 1.29 is 13.2 Å². The van der Waals surface area contributed by atoms with Gasteiger partial charge in [-0.3, -0.25) is 9.52 Å². The molecular weight excluding hydrogens is 418 g/mol. The normalized spacial score (nSPS) is 24.8. The van der Waals surface area contributed by atoms with Crippen molar-refractivity contribution in [2.24, 2.45) is 17.3 Å². The number of aryl methyl sites for hydroxylation is 1. The highest BCUT2D eigenvalue weighted by molar-refractivity contribution is 7.89. The molecule has 32 heavy (non-hydrogen) atoms. The van der Waals surface area contributed by atoms with Gasteiger partial charge in [0.05, 0.1) is 10.3 Å². The maximum Gasteiger partial charge on any atom is 0.261 e. The van der Waals surface area contributed by atoms with Gasteiger partial charge in [-0.15, -0.1) is 0 Å². The molecule has 1 saturated carbocycles. The second-order valence-corrected chi connectivity index (χ2v) is 10.6. The third kappa shape index (κ3) is 4.38. The van der Waals surface area contributed by atoms with Gasteiger partial charge >= 0.3 is 0 Å². The first kappa shape index (κ1) is 22.4. The number of benzene rings is 2. The Balaban J connectivity index is 1.82. The molecule has 0 radical (unpaired) electrons. The largest absolute Gasteiger partial charge is 0.299 e. The molecule has 1 N–H and O–H groups in total. The number of fused-ring (bicyclic) bond motifs is 3. The van der Waals surface area contributed by atoms with E-state index in [0.29, 0.717) is 18.5 Å². The van der Waals surface area contributed by atoms with E-state index in [9.17, 15) is 13.2 Å². The molecule has 5 heteroatoms. The molecule has 3 atom stereocenters. The fourth-order valence-corrected chi connectivity index (χ4v) is 6.07. The van der Waals surface area contributed by atoms with Gasteiger partial charge in [0, 0.05) is 23.6 Å². The Bertz CT molecular complexity index is 1190. The minimum Gasteiger partial charge on any atom is -0.299 e. The second-order valence-electron chi connectivity index (χ2n) is 8.89. The summed E-state index contributed by atoms with van der Waals surface area (Å²) in [4.78, 5) is 13.0. The van der Waals surface area contributed by atoms with Crippen molar-refractivity contribution in [1.82, 2.24) is 4.72 Å². The van der Waals surface area contributed by atoms with Gasteiger partial charge in [-0.2, -0.15) is 0 Å². The molecule has 2 aromatic rings. The zero-order valence-corrected chi connectivity index (χ0v) is 19.4. The third-order valence-corrected chi connectivity index (χ3v) is 8.04. The Morgan fingerprint density at radius 1 is 1.06 bits per heavy atom. The minimum atomic E-state index is -3.80. The Morgan fingerprint density at radius 2 is 1.78 bits per heavy atom. The van der Waals surface area contributed by atoms with E-state index >= 15 is 0 Å². The summed E-state index contributed by atoms with van der Waals surface area (Å²) in [7, 11) is -3.80. The maximum atomic E-state index is 13.3. The SMILES string of the molecule is CCC[C@]1(C#Cc2ccccc2)C(NS(=O)(=O)c2ccc(C)cc2)=C[C@H]2CC[C@@H]1CC2=O. The van der Waals surface area contributed by atoms with Crippen LogP contribution < -0.4 is 4.72 Å². The standard InChI is InChI=1S/C27H29NO3S/c1-3-16-27(17-15-21-7-5-4-6-8-21)23-12-11-22(25(29)19-23)18-26(27)28-32(30,31)24-13-9-20(2)10-14-24/h4-10,13-14,18,22-23,28H,3,11-12,16,19H2,1-2H3/t22-,23-,27-/m1/s1. The molecule has 5 rings (SSSR count). The molecular formula is C27H29NO3S. The lowest BCUT2D eigenvalue weighted by Crippen LogP contribution is -2.40. The van der Waals surface area contributed by atoms with Crippen molar-refractivity contribution in [3.05, 3.63) is 77.5 Å². The maximum absolute atomic E-state index is 13.3. The molecule has 0 heterocycles. The van der Waals surface area contributed by atoms with Crippen molar-refractivity contribution in [3.8, 4) is 11.8 Å². The molecule has 0 spiro atoms. The van der Waals surface area contributed by atoms with Gasteiger partial charge in [-0.25, -0.2) is 8.42 Å². The van der Waals surface area contributed by atoms with Gasteiger partial charge in [0.1, 0.15) is 5.78 Å². The topological polar surface area (TPSA) is 63.2 Å². The number of nitrogens with one attached hydrogen (secondary N) is 1. The van der Waals surface area contributed by atoms with Gasteiger partial charge in [0.15, 0.2) is 0 Å². The van der Waals surface area contributed by atoms with Gasteiger partial charge in [-0.1, -0.05) is 67.2 Å². The van der Waals surface area contributed by atoms with E-state index in [4.69, 9.17) is 0 Å². The first-order valence-corrected chi connectivity index (χ1v) is 12.7. The number of allylic oxidation sites excluding steroid dienone is 2. The second kappa shape index (κ2) is 8.96. The average molecular weight is 448 g/mol. The van der Waals surface area contributed by atoms with Crippen LogP contribution in [-0.4, -0.2) is 14.2 Å². The van der Waals surface area contributed by atoms with Crippen LogP contribution >= 0.6 is 0 Å².